The van der Waals surface area contributed by atoms with Crippen molar-refractivity contribution in [3.05, 3.63) is 0 Å². The quantitative estimate of drug-likeness (QED) is 0.808. The minimum atomic E-state index is -1.16. The molecular weight excluding hydrogens is 284 g/mol. The second-order valence-corrected chi connectivity index (χ2v) is 7.42. The first-order valence-electron chi connectivity index (χ1n) is 8.26. The Labute approximate surface area is 132 Å². The van der Waals surface area contributed by atoms with Crippen LogP contribution in [0.15, 0.2) is 0 Å². The zero-order chi connectivity index (χ0) is 16.6. The maximum Gasteiger partial charge on any atom is 0.314 e. The second kappa shape index (κ2) is 5.84. The van der Waals surface area contributed by atoms with Gasteiger partial charge in [-0.15, -0.1) is 0 Å². The van der Waals surface area contributed by atoms with Crippen LogP contribution in [0.5, 0.6) is 0 Å². The molecule has 0 spiro atoms. The Bertz CT molecular complexity index is 458. The summed E-state index contributed by atoms with van der Waals surface area (Å²) in [6.07, 6.45) is 4.00. The number of aliphatic hydroxyl groups is 1. The van der Waals surface area contributed by atoms with Crippen LogP contribution in [-0.2, 0) is 19.1 Å². The van der Waals surface area contributed by atoms with Crippen molar-refractivity contribution in [2.24, 2.45) is 11.3 Å². The van der Waals surface area contributed by atoms with Gasteiger partial charge in [0.15, 0.2) is 0 Å². The Kier molecular flexibility index (Phi) is 4.58. The first-order chi connectivity index (χ1) is 10.1. The number of rotatable bonds is 4. The van der Waals surface area contributed by atoms with Crippen LogP contribution < -0.4 is 0 Å². The van der Waals surface area contributed by atoms with Crippen molar-refractivity contribution in [1.29, 1.82) is 0 Å². The van der Waals surface area contributed by atoms with E-state index in [0.29, 0.717) is 25.9 Å². The molecule has 1 saturated carbocycles. The molecule has 0 aromatic carbocycles. The van der Waals surface area contributed by atoms with Crippen LogP contribution in [-0.4, -0.2) is 34.9 Å². The predicted octanol–water partition coefficient (Wildman–Crippen LogP) is 2.59. The van der Waals surface area contributed by atoms with Crippen LogP contribution >= 0.6 is 0 Å². The van der Waals surface area contributed by atoms with Crippen LogP contribution in [0.1, 0.15) is 66.2 Å². The number of hydrogen-bond acceptors (Lipinski definition) is 5. The van der Waals surface area contributed by atoms with Gasteiger partial charge < -0.3 is 14.6 Å². The lowest BCUT2D eigenvalue weighted by molar-refractivity contribution is -0.179. The highest BCUT2D eigenvalue weighted by atomic mass is 16.6. The van der Waals surface area contributed by atoms with Crippen molar-refractivity contribution in [2.75, 3.05) is 6.61 Å². The van der Waals surface area contributed by atoms with Crippen molar-refractivity contribution in [1.82, 2.24) is 0 Å². The summed E-state index contributed by atoms with van der Waals surface area (Å²) in [5.41, 5.74) is -2.60. The third kappa shape index (κ3) is 2.87. The van der Waals surface area contributed by atoms with Crippen molar-refractivity contribution in [2.45, 2.75) is 77.4 Å². The van der Waals surface area contributed by atoms with Crippen molar-refractivity contribution >= 4 is 11.9 Å². The van der Waals surface area contributed by atoms with E-state index in [2.05, 4.69) is 0 Å². The van der Waals surface area contributed by atoms with E-state index in [0.717, 1.165) is 19.3 Å². The van der Waals surface area contributed by atoms with Gasteiger partial charge in [0.25, 0.3) is 0 Å². The summed E-state index contributed by atoms with van der Waals surface area (Å²) in [5, 5.41) is 11.0. The number of cyclic esters (lactones) is 1. The molecule has 1 unspecified atom stereocenters. The van der Waals surface area contributed by atoms with Gasteiger partial charge in [-0.25, -0.2) is 0 Å². The smallest absolute Gasteiger partial charge is 0.314 e. The van der Waals surface area contributed by atoms with E-state index in [1.807, 2.05) is 6.92 Å². The first-order valence-corrected chi connectivity index (χ1v) is 8.26. The SMILES string of the molecule is CCOC(=O)[C@@]1(C)CC[C@H](CC2(C)CCCC(=O)O2)[C@@]1(C)O. The lowest BCUT2D eigenvalue weighted by atomic mass is 9.71. The van der Waals surface area contributed by atoms with Gasteiger partial charge in [-0.3, -0.25) is 9.59 Å². The molecule has 126 valence electrons. The minimum Gasteiger partial charge on any atom is -0.465 e. The molecule has 2 fully saturated rings. The van der Waals surface area contributed by atoms with Gasteiger partial charge in [0, 0.05) is 6.42 Å². The maximum absolute atomic E-state index is 12.3. The van der Waals surface area contributed by atoms with E-state index in [4.69, 9.17) is 9.47 Å². The largest absolute Gasteiger partial charge is 0.465 e. The van der Waals surface area contributed by atoms with Crippen LogP contribution in [0.25, 0.3) is 0 Å². The molecule has 1 heterocycles. The summed E-state index contributed by atoms with van der Waals surface area (Å²) in [4.78, 5) is 23.9. The molecule has 2 rings (SSSR count). The summed E-state index contributed by atoms with van der Waals surface area (Å²) in [6, 6.07) is 0. The van der Waals surface area contributed by atoms with Gasteiger partial charge in [0.1, 0.15) is 5.60 Å². The van der Waals surface area contributed by atoms with Gasteiger partial charge in [-0.2, -0.15) is 0 Å². The molecule has 0 aromatic rings. The fourth-order valence-electron chi connectivity index (χ4n) is 4.00. The van der Waals surface area contributed by atoms with Gasteiger partial charge in [-0.1, -0.05) is 0 Å². The van der Waals surface area contributed by atoms with E-state index in [-0.39, 0.29) is 17.9 Å². The average Bonchev–Trinajstić information content (AvgIpc) is 2.63. The highest BCUT2D eigenvalue weighted by molar-refractivity contribution is 5.78. The lowest BCUT2D eigenvalue weighted by Crippen LogP contribution is -2.51. The first kappa shape index (κ1) is 17.3. The number of carbonyl (C=O) groups is 2. The highest BCUT2D eigenvalue weighted by Gasteiger charge is 2.60. The van der Waals surface area contributed by atoms with E-state index in [9.17, 15) is 14.7 Å². The van der Waals surface area contributed by atoms with Gasteiger partial charge in [0.2, 0.25) is 0 Å². The topological polar surface area (TPSA) is 72.8 Å². The van der Waals surface area contributed by atoms with Crippen LogP contribution in [0.2, 0.25) is 0 Å². The Hall–Kier alpha value is -1.10. The highest BCUT2D eigenvalue weighted by Crippen LogP contribution is 2.53. The normalized spacial score (nSPS) is 42.0. The molecule has 0 amide bonds. The summed E-state index contributed by atoms with van der Waals surface area (Å²) < 4.78 is 10.7. The van der Waals surface area contributed by atoms with Crippen LogP contribution in [0.4, 0.5) is 0 Å². The fraction of sp³-hybridized carbons (Fsp3) is 0.882. The van der Waals surface area contributed by atoms with E-state index < -0.39 is 16.6 Å². The van der Waals surface area contributed by atoms with Gasteiger partial charge in [0.05, 0.1) is 17.6 Å². The zero-order valence-corrected chi connectivity index (χ0v) is 14.1. The Balaban J connectivity index is 2.13. The van der Waals surface area contributed by atoms with Crippen molar-refractivity contribution < 1.29 is 24.2 Å². The Morgan fingerprint density at radius 2 is 2.05 bits per heavy atom. The molecule has 0 bridgehead atoms. The summed E-state index contributed by atoms with van der Waals surface area (Å²) in [5.74, 6) is -0.592. The van der Waals surface area contributed by atoms with Crippen molar-refractivity contribution in [3.63, 3.8) is 0 Å². The molecule has 1 saturated heterocycles. The molecular formula is C17H28O5. The minimum absolute atomic E-state index is 0.0854. The molecule has 2 aliphatic rings. The second-order valence-electron chi connectivity index (χ2n) is 7.42. The van der Waals surface area contributed by atoms with Crippen LogP contribution in [0.3, 0.4) is 0 Å². The molecule has 5 heteroatoms. The Morgan fingerprint density at radius 1 is 1.36 bits per heavy atom. The van der Waals surface area contributed by atoms with Crippen LogP contribution in [0, 0.1) is 11.3 Å². The Morgan fingerprint density at radius 3 is 2.64 bits per heavy atom. The number of hydrogen-bond donors (Lipinski definition) is 1. The fourth-order valence-corrected chi connectivity index (χ4v) is 4.00. The summed E-state index contributed by atoms with van der Waals surface area (Å²) in [7, 11) is 0. The van der Waals surface area contributed by atoms with E-state index in [1.165, 1.54) is 0 Å². The average molecular weight is 312 g/mol. The van der Waals surface area contributed by atoms with Crippen molar-refractivity contribution in [3.8, 4) is 0 Å². The lowest BCUT2D eigenvalue weighted by Gasteiger charge is -2.42. The molecule has 1 aliphatic heterocycles. The predicted molar refractivity (Wildman–Crippen MR) is 81.1 cm³/mol. The third-order valence-electron chi connectivity index (χ3n) is 5.76. The third-order valence-corrected chi connectivity index (χ3v) is 5.76. The maximum atomic E-state index is 12.3. The zero-order valence-electron chi connectivity index (χ0n) is 14.1. The van der Waals surface area contributed by atoms with E-state index >= 15 is 0 Å². The summed E-state index contributed by atoms with van der Waals surface area (Å²) >= 11 is 0. The van der Waals surface area contributed by atoms with Gasteiger partial charge >= 0.3 is 11.9 Å². The number of ether oxygens (including phenoxy) is 2. The molecule has 0 aromatic heterocycles. The molecule has 0 radical (unpaired) electrons. The molecule has 4 atom stereocenters. The van der Waals surface area contributed by atoms with Gasteiger partial charge in [-0.05, 0) is 65.7 Å². The standard InChI is InChI=1S/C17H28O5/c1-5-21-14(19)16(3)10-8-12(17(16,4)20)11-15(2)9-6-7-13(18)22-15/h12,20H,5-11H2,1-4H3/t12-,15?,16-,17-/m1/s1. The molecule has 1 N–H and O–H groups in total. The number of carbonyl (C=O) groups excluding carboxylic acids is 2. The molecule has 5 nitrogen and oxygen atoms in total. The van der Waals surface area contributed by atoms with E-state index in [1.54, 1.807) is 20.8 Å². The monoisotopic (exact) mass is 312 g/mol. The number of esters is 2. The summed E-state index contributed by atoms with van der Waals surface area (Å²) in [6.45, 7) is 7.51. The molecule has 22 heavy (non-hydrogen) atoms. The molecule has 1 aliphatic carbocycles.